The minimum Gasteiger partial charge on any atom is -0.229 e. The number of sulfonamides is 1. The third-order valence-electron chi connectivity index (χ3n) is 4.23. The van der Waals surface area contributed by atoms with Crippen molar-refractivity contribution in [2.24, 2.45) is 0 Å². The lowest BCUT2D eigenvalue weighted by molar-refractivity contribution is 0.336. The molecule has 0 amide bonds. The van der Waals surface area contributed by atoms with Crippen molar-refractivity contribution >= 4 is 31.2 Å². The van der Waals surface area contributed by atoms with Crippen LogP contribution in [0, 0.1) is 12.7 Å². The molecule has 0 aliphatic carbocycles. The Bertz CT molecular complexity index is 969. The van der Waals surface area contributed by atoms with Crippen LogP contribution in [0.15, 0.2) is 40.6 Å². The molecule has 3 rings (SSSR count). The molecular weight excluding hydrogens is 385 g/mol. The average Bonchev–Trinajstić information content (AvgIpc) is 3.13. The van der Waals surface area contributed by atoms with E-state index < -0.39 is 31.7 Å². The van der Waals surface area contributed by atoms with E-state index in [9.17, 15) is 21.2 Å². The maximum atomic E-state index is 13.4. The fourth-order valence-electron chi connectivity index (χ4n) is 3.00. The summed E-state index contributed by atoms with van der Waals surface area (Å²) in [6, 6.07) is 6.54. The second-order valence-corrected chi connectivity index (χ2v) is 11.2. The first-order chi connectivity index (χ1) is 11.7. The number of hydrogen-bond donors (Lipinski definition) is 0. The van der Waals surface area contributed by atoms with Gasteiger partial charge in [0, 0.05) is 17.5 Å². The van der Waals surface area contributed by atoms with Crippen LogP contribution in [0.4, 0.5) is 4.39 Å². The third-order valence-corrected chi connectivity index (χ3v) is 8.90. The van der Waals surface area contributed by atoms with Crippen LogP contribution in [0.25, 0.3) is 0 Å². The molecule has 1 saturated heterocycles. The van der Waals surface area contributed by atoms with Crippen molar-refractivity contribution in [3.63, 3.8) is 0 Å². The maximum absolute atomic E-state index is 13.4. The fourth-order valence-corrected chi connectivity index (χ4v) is 7.45. The lowest BCUT2D eigenvalue weighted by Crippen LogP contribution is -2.40. The number of hydrogen-bond acceptors (Lipinski definition) is 5. The summed E-state index contributed by atoms with van der Waals surface area (Å²) in [6.45, 7) is 1.64. The molecule has 5 nitrogen and oxygen atoms in total. The number of aryl methyl sites for hydroxylation is 1. The molecule has 0 radical (unpaired) electrons. The molecule has 0 N–H and O–H groups in total. The van der Waals surface area contributed by atoms with Crippen molar-refractivity contribution in [3.8, 4) is 0 Å². The van der Waals surface area contributed by atoms with Gasteiger partial charge in [-0.25, -0.2) is 21.2 Å². The SMILES string of the molecule is Cc1cc(F)ccc1S(=O)(=O)N(Cc1cccs1)C1CCS(=O)(=O)C1. The van der Waals surface area contributed by atoms with Gasteiger partial charge in [-0.2, -0.15) is 4.31 Å². The van der Waals surface area contributed by atoms with Crippen LogP contribution in [0.2, 0.25) is 0 Å². The third kappa shape index (κ3) is 3.94. The molecular formula is C16H18FNO4S3. The van der Waals surface area contributed by atoms with Crippen molar-refractivity contribution in [2.45, 2.75) is 30.8 Å². The highest BCUT2D eigenvalue weighted by Gasteiger charge is 2.39. The van der Waals surface area contributed by atoms with Gasteiger partial charge < -0.3 is 0 Å². The first-order valence-electron chi connectivity index (χ1n) is 7.70. The molecule has 2 aromatic rings. The Kier molecular flexibility index (Phi) is 5.02. The Morgan fingerprint density at radius 3 is 2.64 bits per heavy atom. The van der Waals surface area contributed by atoms with Gasteiger partial charge in [0.2, 0.25) is 10.0 Å². The molecule has 0 spiro atoms. The van der Waals surface area contributed by atoms with Crippen LogP contribution in [-0.4, -0.2) is 38.7 Å². The van der Waals surface area contributed by atoms with Crippen molar-refractivity contribution in [2.75, 3.05) is 11.5 Å². The van der Waals surface area contributed by atoms with Crippen LogP contribution in [0.3, 0.4) is 0 Å². The number of halogens is 1. The smallest absolute Gasteiger partial charge is 0.229 e. The van der Waals surface area contributed by atoms with E-state index >= 15 is 0 Å². The summed E-state index contributed by atoms with van der Waals surface area (Å²) in [7, 11) is -7.19. The normalized spacial score (nSPS) is 20.2. The van der Waals surface area contributed by atoms with E-state index in [1.54, 1.807) is 0 Å². The standard InChI is InChI=1S/C16H18FNO4S3/c1-12-9-13(17)4-5-16(12)25(21,22)18(10-15-3-2-7-23-15)14-6-8-24(19,20)11-14/h2-5,7,9,14H,6,8,10-11H2,1H3. The molecule has 1 aromatic carbocycles. The van der Waals surface area contributed by atoms with Crippen LogP contribution >= 0.6 is 11.3 Å². The molecule has 1 unspecified atom stereocenters. The van der Waals surface area contributed by atoms with E-state index in [4.69, 9.17) is 0 Å². The zero-order valence-corrected chi connectivity index (χ0v) is 16.0. The Balaban J connectivity index is 2.03. The molecule has 1 aliphatic rings. The van der Waals surface area contributed by atoms with E-state index in [0.717, 1.165) is 10.9 Å². The van der Waals surface area contributed by atoms with Crippen molar-refractivity contribution in [3.05, 3.63) is 52.0 Å². The number of sulfone groups is 1. The van der Waals surface area contributed by atoms with Gasteiger partial charge in [0.1, 0.15) is 5.82 Å². The number of benzene rings is 1. The minimum absolute atomic E-state index is 0.00903. The topological polar surface area (TPSA) is 71.5 Å². The van der Waals surface area contributed by atoms with E-state index in [2.05, 4.69) is 0 Å². The molecule has 0 saturated carbocycles. The largest absolute Gasteiger partial charge is 0.243 e. The molecule has 1 fully saturated rings. The summed E-state index contributed by atoms with van der Waals surface area (Å²) in [4.78, 5) is 0.836. The van der Waals surface area contributed by atoms with Gasteiger partial charge in [0.05, 0.1) is 16.4 Å². The van der Waals surface area contributed by atoms with Crippen molar-refractivity contribution < 1.29 is 21.2 Å². The van der Waals surface area contributed by atoms with Gasteiger partial charge in [-0.05, 0) is 48.6 Å². The van der Waals surface area contributed by atoms with Gasteiger partial charge in [0.25, 0.3) is 0 Å². The molecule has 2 heterocycles. The second kappa shape index (κ2) is 6.79. The van der Waals surface area contributed by atoms with E-state index in [1.807, 2.05) is 17.5 Å². The molecule has 9 heteroatoms. The fraction of sp³-hybridized carbons (Fsp3) is 0.375. The van der Waals surface area contributed by atoms with Crippen LogP contribution < -0.4 is 0 Å². The second-order valence-electron chi connectivity index (χ2n) is 6.10. The van der Waals surface area contributed by atoms with Crippen LogP contribution in [0.5, 0.6) is 0 Å². The average molecular weight is 404 g/mol. The summed E-state index contributed by atoms with van der Waals surface area (Å²) in [5, 5.41) is 1.84. The summed E-state index contributed by atoms with van der Waals surface area (Å²) in [5.74, 6) is -0.710. The highest BCUT2D eigenvalue weighted by atomic mass is 32.2. The van der Waals surface area contributed by atoms with Gasteiger partial charge >= 0.3 is 0 Å². The summed E-state index contributed by atoms with van der Waals surface area (Å²) in [6.07, 6.45) is 0.271. The van der Waals surface area contributed by atoms with Crippen molar-refractivity contribution in [1.82, 2.24) is 4.31 Å². The Labute approximate surface area is 151 Å². The number of rotatable bonds is 5. The van der Waals surface area contributed by atoms with Gasteiger partial charge in [-0.15, -0.1) is 11.3 Å². The van der Waals surface area contributed by atoms with Crippen LogP contribution in [0.1, 0.15) is 16.9 Å². The Morgan fingerprint density at radius 1 is 1.32 bits per heavy atom. The quantitative estimate of drug-likeness (QED) is 0.769. The first kappa shape index (κ1) is 18.5. The van der Waals surface area contributed by atoms with Crippen molar-refractivity contribution in [1.29, 1.82) is 0 Å². The lowest BCUT2D eigenvalue weighted by Gasteiger charge is -2.27. The van der Waals surface area contributed by atoms with Gasteiger partial charge in [-0.1, -0.05) is 6.07 Å². The first-order valence-corrected chi connectivity index (χ1v) is 11.8. The maximum Gasteiger partial charge on any atom is 0.243 e. The lowest BCUT2D eigenvalue weighted by atomic mass is 10.2. The van der Waals surface area contributed by atoms with E-state index in [0.29, 0.717) is 5.56 Å². The number of thiophene rings is 1. The summed E-state index contributed by atoms with van der Waals surface area (Å²) in [5.41, 5.74) is 0.303. The zero-order valence-electron chi connectivity index (χ0n) is 13.6. The van der Waals surface area contributed by atoms with Gasteiger partial charge in [-0.3, -0.25) is 0 Å². The molecule has 136 valence electrons. The minimum atomic E-state index is -3.95. The molecule has 0 bridgehead atoms. The molecule has 1 aromatic heterocycles. The number of nitrogens with zero attached hydrogens (tertiary/aromatic N) is 1. The predicted molar refractivity (Wildman–Crippen MR) is 95.2 cm³/mol. The highest BCUT2D eigenvalue weighted by Crippen LogP contribution is 2.29. The van der Waals surface area contributed by atoms with Crippen LogP contribution in [-0.2, 0) is 26.4 Å². The predicted octanol–water partition coefficient (Wildman–Crippen LogP) is 2.57. The molecule has 25 heavy (non-hydrogen) atoms. The summed E-state index contributed by atoms with van der Waals surface area (Å²) < 4.78 is 64.7. The van der Waals surface area contributed by atoms with E-state index in [-0.39, 0.29) is 29.4 Å². The monoisotopic (exact) mass is 403 g/mol. The van der Waals surface area contributed by atoms with Gasteiger partial charge in [0.15, 0.2) is 9.84 Å². The highest BCUT2D eigenvalue weighted by molar-refractivity contribution is 7.92. The van der Waals surface area contributed by atoms with E-state index in [1.165, 1.54) is 34.7 Å². The molecule has 1 aliphatic heterocycles. The zero-order chi connectivity index (χ0) is 18.2. The Hall–Kier alpha value is -1.29. The Morgan fingerprint density at radius 2 is 2.08 bits per heavy atom. The summed E-state index contributed by atoms with van der Waals surface area (Å²) >= 11 is 1.41. The molecule has 1 atom stereocenters.